The van der Waals surface area contributed by atoms with Crippen LogP contribution in [0.5, 0.6) is 0 Å². The van der Waals surface area contributed by atoms with Crippen LogP contribution in [0.3, 0.4) is 0 Å². The van der Waals surface area contributed by atoms with Crippen molar-refractivity contribution in [1.29, 1.82) is 0 Å². The van der Waals surface area contributed by atoms with E-state index in [1.165, 1.54) is 5.92 Å². The minimum atomic E-state index is 0.940. The van der Waals surface area contributed by atoms with Gasteiger partial charge in [-0.1, -0.05) is 13.8 Å². The Morgan fingerprint density at radius 2 is 1.50 bits per heavy atom. The Bertz CT molecular complexity index is 218. The monoisotopic (exact) mass is 192 g/mol. The Morgan fingerprint density at radius 3 is 2.21 bits per heavy atom. The third-order valence-corrected chi connectivity index (χ3v) is 5.66. The van der Waals surface area contributed by atoms with Crippen molar-refractivity contribution in [1.82, 2.24) is 0 Å². The summed E-state index contributed by atoms with van der Waals surface area (Å²) in [7, 11) is 0. The molecular formula is C14H24. The molecule has 0 aliphatic heterocycles. The van der Waals surface area contributed by atoms with E-state index in [4.69, 9.17) is 0 Å². The largest absolute Gasteiger partial charge is 0.0625 e. The maximum atomic E-state index is 2.43. The summed E-state index contributed by atoms with van der Waals surface area (Å²) in [5.41, 5.74) is 0. The van der Waals surface area contributed by atoms with E-state index in [1.807, 2.05) is 0 Å². The normalized spacial score (nSPS) is 51.2. The summed E-state index contributed by atoms with van der Waals surface area (Å²) in [6.07, 6.45) is 9.48. The molecule has 0 spiro atoms. The van der Waals surface area contributed by atoms with Gasteiger partial charge in [-0.2, -0.15) is 0 Å². The first kappa shape index (κ1) is 9.24. The number of fused-ring (bicyclic) bond motifs is 5. The van der Waals surface area contributed by atoms with E-state index in [0.717, 1.165) is 29.6 Å². The Balaban J connectivity index is 1.72. The highest BCUT2D eigenvalue weighted by atomic mass is 14.5. The zero-order valence-electron chi connectivity index (χ0n) is 9.71. The molecule has 0 heterocycles. The summed E-state index contributed by atoms with van der Waals surface area (Å²) in [5.74, 6) is 6.66. The molecule has 3 saturated carbocycles. The van der Waals surface area contributed by atoms with Gasteiger partial charge in [0, 0.05) is 0 Å². The Morgan fingerprint density at radius 1 is 0.786 bits per heavy atom. The molecule has 0 aromatic carbocycles. The van der Waals surface area contributed by atoms with Crippen molar-refractivity contribution in [2.75, 3.05) is 0 Å². The van der Waals surface area contributed by atoms with Gasteiger partial charge in [0.05, 0.1) is 0 Å². The molecule has 0 radical (unpaired) electrons. The predicted octanol–water partition coefficient (Wildman–Crippen LogP) is 4.10. The molecule has 0 N–H and O–H groups in total. The molecule has 5 unspecified atom stereocenters. The van der Waals surface area contributed by atoms with Gasteiger partial charge < -0.3 is 0 Å². The van der Waals surface area contributed by atoms with Crippen molar-refractivity contribution >= 4 is 0 Å². The third kappa shape index (κ3) is 1.26. The summed E-state index contributed by atoms with van der Waals surface area (Å²) in [6, 6.07) is 0. The highest BCUT2D eigenvalue weighted by Gasteiger charge is 2.49. The Labute approximate surface area is 88.5 Å². The van der Waals surface area contributed by atoms with Gasteiger partial charge in [0.1, 0.15) is 0 Å². The average Bonchev–Trinajstić information content (AvgIpc) is 2.77. The minimum absolute atomic E-state index is 0.940. The molecule has 0 amide bonds. The molecule has 3 aliphatic carbocycles. The third-order valence-electron chi connectivity index (χ3n) is 5.66. The van der Waals surface area contributed by atoms with Gasteiger partial charge in [-0.05, 0) is 74.0 Å². The molecule has 0 nitrogen and oxygen atoms in total. The van der Waals surface area contributed by atoms with Crippen molar-refractivity contribution in [3.8, 4) is 0 Å². The van der Waals surface area contributed by atoms with Gasteiger partial charge in [-0.3, -0.25) is 0 Å². The molecule has 3 rings (SSSR count). The number of hydrogen-bond acceptors (Lipinski definition) is 0. The van der Waals surface area contributed by atoms with E-state index in [2.05, 4.69) is 13.8 Å². The van der Waals surface area contributed by atoms with Crippen LogP contribution in [0.15, 0.2) is 0 Å². The van der Waals surface area contributed by atoms with E-state index in [1.54, 1.807) is 38.5 Å². The predicted molar refractivity (Wildman–Crippen MR) is 60.0 cm³/mol. The average molecular weight is 192 g/mol. The van der Waals surface area contributed by atoms with Crippen LogP contribution in [0, 0.1) is 35.5 Å². The van der Waals surface area contributed by atoms with Crippen molar-refractivity contribution in [3.63, 3.8) is 0 Å². The van der Waals surface area contributed by atoms with Crippen LogP contribution in [0.25, 0.3) is 0 Å². The lowest BCUT2D eigenvalue weighted by atomic mass is 9.65. The van der Waals surface area contributed by atoms with E-state index >= 15 is 0 Å². The molecule has 3 fully saturated rings. The van der Waals surface area contributed by atoms with Gasteiger partial charge in [-0.25, -0.2) is 0 Å². The standard InChI is InChI=1S/C14H24/c1-9(2)10-5-6-13-11-3-4-12(7-11)14(13)8-10/h9-14H,3-8H2,1-2H3. The van der Waals surface area contributed by atoms with Crippen LogP contribution in [-0.4, -0.2) is 0 Å². The topological polar surface area (TPSA) is 0 Å². The summed E-state index contributed by atoms with van der Waals surface area (Å²) in [6.45, 7) is 4.86. The minimum Gasteiger partial charge on any atom is -0.0625 e. The summed E-state index contributed by atoms with van der Waals surface area (Å²) >= 11 is 0. The lowest BCUT2D eigenvalue weighted by molar-refractivity contribution is 0.0990. The first-order valence-corrected chi connectivity index (χ1v) is 6.75. The molecular weight excluding hydrogens is 168 g/mol. The summed E-state index contributed by atoms with van der Waals surface area (Å²) < 4.78 is 0. The maximum Gasteiger partial charge on any atom is -0.0352 e. The highest BCUT2D eigenvalue weighted by molar-refractivity contribution is 4.99. The van der Waals surface area contributed by atoms with Crippen LogP contribution < -0.4 is 0 Å². The Kier molecular flexibility index (Phi) is 2.15. The van der Waals surface area contributed by atoms with Crippen LogP contribution in [-0.2, 0) is 0 Å². The molecule has 0 heteroatoms. The summed E-state index contributed by atoms with van der Waals surface area (Å²) in [5, 5.41) is 0. The fraction of sp³-hybridized carbons (Fsp3) is 1.00. The van der Waals surface area contributed by atoms with Crippen LogP contribution in [0.1, 0.15) is 52.4 Å². The highest BCUT2D eigenvalue weighted by Crippen LogP contribution is 2.58. The van der Waals surface area contributed by atoms with Crippen LogP contribution in [0.2, 0.25) is 0 Å². The van der Waals surface area contributed by atoms with Crippen LogP contribution in [0.4, 0.5) is 0 Å². The second-order valence-corrected chi connectivity index (χ2v) is 6.48. The fourth-order valence-electron chi connectivity index (χ4n) is 4.83. The number of hydrogen-bond donors (Lipinski definition) is 0. The van der Waals surface area contributed by atoms with E-state index in [9.17, 15) is 0 Å². The van der Waals surface area contributed by atoms with Gasteiger partial charge in [0.25, 0.3) is 0 Å². The second-order valence-electron chi connectivity index (χ2n) is 6.48. The van der Waals surface area contributed by atoms with Gasteiger partial charge in [0.15, 0.2) is 0 Å². The van der Waals surface area contributed by atoms with Gasteiger partial charge >= 0.3 is 0 Å². The SMILES string of the molecule is CC(C)C1CCC2C3CCC(C3)C2C1. The first-order chi connectivity index (χ1) is 6.75. The molecule has 0 aromatic heterocycles. The first-order valence-electron chi connectivity index (χ1n) is 6.75. The van der Waals surface area contributed by atoms with Crippen molar-refractivity contribution in [2.24, 2.45) is 35.5 Å². The van der Waals surface area contributed by atoms with E-state index in [-0.39, 0.29) is 0 Å². The van der Waals surface area contributed by atoms with Crippen molar-refractivity contribution in [3.05, 3.63) is 0 Å². The molecule has 80 valence electrons. The fourth-order valence-corrected chi connectivity index (χ4v) is 4.83. The second kappa shape index (κ2) is 3.25. The molecule has 3 aliphatic rings. The molecule has 0 saturated heterocycles. The molecule has 5 atom stereocenters. The Hall–Kier alpha value is 0. The lowest BCUT2D eigenvalue weighted by Gasteiger charge is -2.40. The zero-order valence-corrected chi connectivity index (χ0v) is 9.71. The zero-order chi connectivity index (χ0) is 9.71. The summed E-state index contributed by atoms with van der Waals surface area (Å²) in [4.78, 5) is 0. The van der Waals surface area contributed by atoms with E-state index in [0.29, 0.717) is 0 Å². The maximum absolute atomic E-state index is 2.43. The molecule has 14 heavy (non-hydrogen) atoms. The number of rotatable bonds is 1. The molecule has 0 aromatic rings. The van der Waals surface area contributed by atoms with Crippen molar-refractivity contribution < 1.29 is 0 Å². The van der Waals surface area contributed by atoms with E-state index < -0.39 is 0 Å². The smallest absolute Gasteiger partial charge is 0.0352 e. The van der Waals surface area contributed by atoms with Crippen molar-refractivity contribution in [2.45, 2.75) is 52.4 Å². The quantitative estimate of drug-likeness (QED) is 0.586. The lowest BCUT2D eigenvalue weighted by Crippen LogP contribution is -2.31. The van der Waals surface area contributed by atoms with Crippen LogP contribution >= 0.6 is 0 Å². The van der Waals surface area contributed by atoms with Gasteiger partial charge in [-0.15, -0.1) is 0 Å². The van der Waals surface area contributed by atoms with Gasteiger partial charge in [0.2, 0.25) is 0 Å². The molecule has 2 bridgehead atoms.